The summed E-state index contributed by atoms with van der Waals surface area (Å²) in [5.41, 5.74) is 4.65. The Balaban J connectivity index is 1.46. The Labute approximate surface area is 193 Å². The van der Waals surface area contributed by atoms with E-state index < -0.39 is 5.91 Å². The lowest BCUT2D eigenvalue weighted by atomic mass is 10.2. The second-order valence-corrected chi connectivity index (χ2v) is 7.05. The molecular formula is C26H26N2O5. The summed E-state index contributed by atoms with van der Waals surface area (Å²) in [5, 5.41) is 3.99. The lowest BCUT2D eigenvalue weighted by Crippen LogP contribution is -2.24. The summed E-state index contributed by atoms with van der Waals surface area (Å²) in [6.07, 6.45) is 2.28. The molecule has 0 saturated heterocycles. The largest absolute Gasteiger partial charge is 0.488 e. The molecule has 0 bridgehead atoms. The van der Waals surface area contributed by atoms with Crippen molar-refractivity contribution in [3.05, 3.63) is 95.6 Å². The molecule has 0 fully saturated rings. The Morgan fingerprint density at radius 2 is 1.64 bits per heavy atom. The summed E-state index contributed by atoms with van der Waals surface area (Å²) in [6.45, 7) is 2.52. The van der Waals surface area contributed by atoms with Gasteiger partial charge in [0.2, 0.25) is 0 Å². The van der Waals surface area contributed by atoms with Gasteiger partial charge in [-0.3, -0.25) is 4.79 Å². The van der Waals surface area contributed by atoms with Crippen LogP contribution in [-0.4, -0.2) is 31.3 Å². The first-order valence-electron chi connectivity index (χ1n) is 10.6. The number of esters is 1. The van der Waals surface area contributed by atoms with Gasteiger partial charge in [0.25, 0.3) is 5.91 Å². The van der Waals surface area contributed by atoms with Crippen LogP contribution < -0.4 is 14.9 Å². The van der Waals surface area contributed by atoms with E-state index in [-0.39, 0.29) is 12.6 Å². The van der Waals surface area contributed by atoms with Gasteiger partial charge in [0.15, 0.2) is 6.61 Å². The lowest BCUT2D eigenvalue weighted by Gasteiger charge is -2.09. The maximum absolute atomic E-state index is 12.0. The molecule has 0 atom stereocenters. The zero-order chi connectivity index (χ0) is 23.3. The van der Waals surface area contributed by atoms with E-state index in [4.69, 9.17) is 14.2 Å². The van der Waals surface area contributed by atoms with Crippen molar-refractivity contribution in [1.29, 1.82) is 0 Å². The number of hydrogen-bond acceptors (Lipinski definition) is 6. The van der Waals surface area contributed by atoms with Crippen molar-refractivity contribution in [3.63, 3.8) is 0 Å². The number of carbonyl (C=O) groups is 2. The van der Waals surface area contributed by atoms with E-state index in [0.717, 1.165) is 17.5 Å². The molecule has 0 radical (unpaired) electrons. The number of hydrazone groups is 1. The van der Waals surface area contributed by atoms with E-state index in [2.05, 4.69) is 10.5 Å². The van der Waals surface area contributed by atoms with E-state index in [9.17, 15) is 9.59 Å². The number of nitrogens with one attached hydrogen (secondary N) is 1. The van der Waals surface area contributed by atoms with E-state index in [0.29, 0.717) is 30.3 Å². The number of para-hydroxylation sites is 1. The van der Waals surface area contributed by atoms with Gasteiger partial charge < -0.3 is 14.2 Å². The quantitative estimate of drug-likeness (QED) is 0.269. The first-order chi connectivity index (χ1) is 16.2. The average molecular weight is 447 g/mol. The predicted octanol–water partition coefficient (Wildman–Crippen LogP) is 4.36. The van der Waals surface area contributed by atoms with Crippen LogP contribution in [0.3, 0.4) is 0 Å². The molecule has 170 valence electrons. The summed E-state index contributed by atoms with van der Waals surface area (Å²) < 4.78 is 16.4. The highest BCUT2D eigenvalue weighted by Gasteiger charge is 2.08. The Morgan fingerprint density at radius 1 is 0.909 bits per heavy atom. The zero-order valence-corrected chi connectivity index (χ0v) is 18.4. The third-order valence-electron chi connectivity index (χ3n) is 4.45. The van der Waals surface area contributed by atoms with E-state index in [1.54, 1.807) is 24.3 Å². The fourth-order valence-electron chi connectivity index (χ4n) is 2.77. The van der Waals surface area contributed by atoms with Crippen LogP contribution in [0.1, 0.15) is 34.8 Å². The predicted molar refractivity (Wildman–Crippen MR) is 125 cm³/mol. The van der Waals surface area contributed by atoms with Crippen molar-refractivity contribution in [3.8, 4) is 11.5 Å². The number of hydrogen-bond donors (Lipinski definition) is 1. The first-order valence-corrected chi connectivity index (χ1v) is 10.6. The van der Waals surface area contributed by atoms with Gasteiger partial charge in [-0.05, 0) is 48.4 Å². The molecule has 1 N–H and O–H groups in total. The maximum atomic E-state index is 12.0. The topological polar surface area (TPSA) is 86.2 Å². The Kier molecular flexibility index (Phi) is 9.03. The molecule has 0 aliphatic carbocycles. The van der Waals surface area contributed by atoms with Crippen LogP contribution in [0.15, 0.2) is 84.0 Å². The normalized spacial score (nSPS) is 10.6. The van der Waals surface area contributed by atoms with Gasteiger partial charge in [0.1, 0.15) is 18.1 Å². The molecular weight excluding hydrogens is 420 g/mol. The van der Waals surface area contributed by atoms with E-state index in [1.807, 2.05) is 61.5 Å². The van der Waals surface area contributed by atoms with Gasteiger partial charge in [0, 0.05) is 5.56 Å². The minimum atomic E-state index is -0.416. The molecule has 0 aromatic heterocycles. The summed E-state index contributed by atoms with van der Waals surface area (Å²) in [6, 6.07) is 23.7. The van der Waals surface area contributed by atoms with Gasteiger partial charge in [-0.15, -0.1) is 0 Å². The third-order valence-corrected chi connectivity index (χ3v) is 4.45. The molecule has 0 aliphatic heterocycles. The lowest BCUT2D eigenvalue weighted by molar-refractivity contribution is -0.123. The summed E-state index contributed by atoms with van der Waals surface area (Å²) in [4.78, 5) is 23.8. The second-order valence-electron chi connectivity index (χ2n) is 7.05. The fourth-order valence-corrected chi connectivity index (χ4v) is 2.77. The second kappa shape index (κ2) is 12.7. The highest BCUT2D eigenvalue weighted by molar-refractivity contribution is 5.89. The molecule has 0 spiro atoms. The number of nitrogens with zero attached hydrogens (tertiary/aromatic N) is 1. The number of rotatable bonds is 11. The van der Waals surface area contributed by atoms with Crippen molar-refractivity contribution >= 4 is 18.1 Å². The van der Waals surface area contributed by atoms with Crippen LogP contribution in [0.5, 0.6) is 11.5 Å². The van der Waals surface area contributed by atoms with Crippen LogP contribution in [0.2, 0.25) is 0 Å². The molecule has 7 heteroatoms. The molecule has 0 unspecified atom stereocenters. The zero-order valence-electron chi connectivity index (χ0n) is 18.4. The van der Waals surface area contributed by atoms with E-state index >= 15 is 0 Å². The average Bonchev–Trinajstić information content (AvgIpc) is 2.86. The van der Waals surface area contributed by atoms with Crippen LogP contribution in [-0.2, 0) is 16.1 Å². The molecule has 1 amide bonds. The Bertz CT molecular complexity index is 1070. The first kappa shape index (κ1) is 23.5. The van der Waals surface area contributed by atoms with Crippen molar-refractivity contribution in [1.82, 2.24) is 5.43 Å². The summed E-state index contributed by atoms with van der Waals surface area (Å²) in [5.74, 6) is 0.317. The van der Waals surface area contributed by atoms with Gasteiger partial charge in [-0.2, -0.15) is 5.10 Å². The molecule has 0 aliphatic rings. The smallest absolute Gasteiger partial charge is 0.338 e. The molecule has 0 heterocycles. The molecule has 0 saturated carbocycles. The third kappa shape index (κ3) is 7.81. The molecule has 7 nitrogen and oxygen atoms in total. The molecule has 3 aromatic carbocycles. The minimum Gasteiger partial charge on any atom is -0.488 e. The number of carbonyl (C=O) groups excluding carboxylic acids is 2. The van der Waals surface area contributed by atoms with Crippen molar-refractivity contribution in [2.24, 2.45) is 5.10 Å². The van der Waals surface area contributed by atoms with Crippen molar-refractivity contribution < 1.29 is 23.8 Å². The number of ether oxygens (including phenoxy) is 3. The number of benzene rings is 3. The monoisotopic (exact) mass is 446 g/mol. The molecule has 33 heavy (non-hydrogen) atoms. The van der Waals surface area contributed by atoms with Gasteiger partial charge in [-0.1, -0.05) is 49.4 Å². The van der Waals surface area contributed by atoms with Crippen molar-refractivity contribution in [2.75, 3.05) is 13.2 Å². The Morgan fingerprint density at radius 3 is 2.39 bits per heavy atom. The van der Waals surface area contributed by atoms with Gasteiger partial charge in [0.05, 0.1) is 18.4 Å². The van der Waals surface area contributed by atoms with Crippen LogP contribution in [0, 0.1) is 0 Å². The summed E-state index contributed by atoms with van der Waals surface area (Å²) in [7, 11) is 0. The fraction of sp³-hybridized carbons (Fsp3) is 0.192. The highest BCUT2D eigenvalue weighted by atomic mass is 16.5. The van der Waals surface area contributed by atoms with E-state index in [1.165, 1.54) is 6.21 Å². The van der Waals surface area contributed by atoms with Crippen molar-refractivity contribution in [2.45, 2.75) is 20.0 Å². The maximum Gasteiger partial charge on any atom is 0.338 e. The van der Waals surface area contributed by atoms with Gasteiger partial charge >= 0.3 is 5.97 Å². The summed E-state index contributed by atoms with van der Waals surface area (Å²) >= 11 is 0. The SMILES string of the molecule is CCCOC(=O)c1ccc(OCC(=O)NN=Cc2ccccc2OCc2ccccc2)cc1. The minimum absolute atomic E-state index is 0.219. The number of amides is 1. The van der Waals surface area contributed by atoms with Crippen LogP contribution in [0.25, 0.3) is 0 Å². The van der Waals surface area contributed by atoms with Gasteiger partial charge in [-0.25, -0.2) is 10.2 Å². The van der Waals surface area contributed by atoms with Crippen LogP contribution in [0.4, 0.5) is 0 Å². The standard InChI is InChI=1S/C26H26N2O5/c1-2-16-31-26(30)21-12-14-23(15-13-21)32-19-25(29)28-27-17-22-10-6-7-11-24(22)33-18-20-8-4-3-5-9-20/h3-15,17H,2,16,18-19H2,1H3,(H,28,29). The Hall–Kier alpha value is -4.13. The van der Waals surface area contributed by atoms with Crippen LogP contribution >= 0.6 is 0 Å². The highest BCUT2D eigenvalue weighted by Crippen LogP contribution is 2.17. The molecule has 3 rings (SSSR count). The molecule has 3 aromatic rings.